The molecule has 1 fully saturated rings. The summed E-state index contributed by atoms with van der Waals surface area (Å²) in [4.78, 5) is 11.1. The van der Waals surface area contributed by atoms with Gasteiger partial charge < -0.3 is 14.6 Å². The number of nitrogens with one attached hydrogen (secondary N) is 1. The van der Waals surface area contributed by atoms with Gasteiger partial charge >= 0.3 is 5.97 Å². The van der Waals surface area contributed by atoms with Crippen LogP contribution in [0.25, 0.3) is 0 Å². The number of hydrogen-bond acceptors (Lipinski definition) is 5. The van der Waals surface area contributed by atoms with Crippen LogP contribution in [0.15, 0.2) is 24.3 Å². The van der Waals surface area contributed by atoms with E-state index in [2.05, 4.69) is 46.6 Å². The van der Waals surface area contributed by atoms with Crippen LogP contribution in [0.5, 0.6) is 11.6 Å². The number of nitrogens with zero attached hydrogens (tertiary/aromatic N) is 2. The standard InChI is InChI=1S/C20H27N3O4/c1-2-3-4-13-26-16-9-5-14(6-10-16)15-7-11-17(12-8-15)27-19-18(20(24)25)21-23-22-19/h5-6,9-10,15,17H,2-4,7-8,11-13H2,1H3,(H,24,25)(H,21,22,23). The lowest BCUT2D eigenvalue weighted by molar-refractivity contribution is 0.0678. The average molecular weight is 373 g/mol. The Hall–Kier alpha value is -2.57. The van der Waals surface area contributed by atoms with E-state index in [1.54, 1.807) is 0 Å². The van der Waals surface area contributed by atoms with Gasteiger partial charge in [-0.1, -0.05) is 42.2 Å². The minimum Gasteiger partial charge on any atom is -0.494 e. The first kappa shape index (κ1) is 19.2. The molecule has 1 heterocycles. The fraction of sp³-hybridized carbons (Fsp3) is 0.550. The lowest BCUT2D eigenvalue weighted by Crippen LogP contribution is -2.24. The molecule has 0 spiro atoms. The highest BCUT2D eigenvalue weighted by Gasteiger charge is 2.26. The number of benzene rings is 1. The molecule has 7 nitrogen and oxygen atoms in total. The maximum absolute atomic E-state index is 11.1. The summed E-state index contributed by atoms with van der Waals surface area (Å²) >= 11 is 0. The van der Waals surface area contributed by atoms with Crippen molar-refractivity contribution in [2.45, 2.75) is 63.9 Å². The van der Waals surface area contributed by atoms with Crippen molar-refractivity contribution >= 4 is 5.97 Å². The number of carboxylic acids is 1. The van der Waals surface area contributed by atoms with E-state index in [0.29, 0.717) is 5.92 Å². The molecule has 1 aromatic carbocycles. The third-order valence-corrected chi connectivity index (χ3v) is 5.05. The third-order valence-electron chi connectivity index (χ3n) is 5.05. The smallest absolute Gasteiger partial charge is 0.359 e. The first-order valence-corrected chi connectivity index (χ1v) is 9.71. The van der Waals surface area contributed by atoms with E-state index in [0.717, 1.165) is 44.5 Å². The molecule has 1 aliphatic carbocycles. The molecule has 0 saturated heterocycles. The highest BCUT2D eigenvalue weighted by molar-refractivity contribution is 5.87. The monoisotopic (exact) mass is 373 g/mol. The summed E-state index contributed by atoms with van der Waals surface area (Å²) in [7, 11) is 0. The van der Waals surface area contributed by atoms with Gasteiger partial charge in [0.05, 0.1) is 6.61 Å². The average Bonchev–Trinajstić information content (AvgIpc) is 3.15. The molecule has 146 valence electrons. The fourth-order valence-electron chi connectivity index (χ4n) is 3.49. The van der Waals surface area contributed by atoms with Crippen molar-refractivity contribution in [1.29, 1.82) is 0 Å². The molecule has 2 aromatic rings. The van der Waals surface area contributed by atoms with Gasteiger partial charge in [-0.15, -0.1) is 0 Å². The number of hydrogen-bond donors (Lipinski definition) is 2. The maximum Gasteiger partial charge on any atom is 0.359 e. The van der Waals surface area contributed by atoms with Crippen LogP contribution in [-0.2, 0) is 0 Å². The molecular formula is C20H27N3O4. The van der Waals surface area contributed by atoms with Gasteiger partial charge in [-0.05, 0) is 55.7 Å². The predicted octanol–water partition coefficient (Wildman–Crippen LogP) is 4.18. The number of carboxylic acid groups (broad SMARTS) is 1. The lowest BCUT2D eigenvalue weighted by Gasteiger charge is -2.28. The first-order valence-electron chi connectivity index (χ1n) is 9.71. The molecule has 7 heteroatoms. The number of aromatic amines is 1. The highest BCUT2D eigenvalue weighted by atomic mass is 16.5. The van der Waals surface area contributed by atoms with Gasteiger partial charge in [-0.3, -0.25) is 0 Å². The number of aromatic carboxylic acids is 1. The van der Waals surface area contributed by atoms with Crippen LogP contribution in [0.1, 0.15) is 73.8 Å². The third kappa shape index (κ3) is 5.21. The van der Waals surface area contributed by atoms with E-state index in [4.69, 9.17) is 14.6 Å². The van der Waals surface area contributed by atoms with Crippen LogP contribution < -0.4 is 9.47 Å². The Balaban J connectivity index is 1.47. The van der Waals surface area contributed by atoms with Crippen LogP contribution in [0.4, 0.5) is 0 Å². The number of rotatable bonds is 9. The Kier molecular flexibility index (Phi) is 6.68. The van der Waals surface area contributed by atoms with Gasteiger partial charge in [0.1, 0.15) is 11.9 Å². The van der Waals surface area contributed by atoms with E-state index in [1.165, 1.54) is 18.4 Å². The summed E-state index contributed by atoms with van der Waals surface area (Å²) in [5, 5.41) is 18.7. The first-order chi connectivity index (χ1) is 13.2. The molecule has 27 heavy (non-hydrogen) atoms. The molecule has 1 saturated carbocycles. The lowest BCUT2D eigenvalue weighted by atomic mass is 9.83. The summed E-state index contributed by atoms with van der Waals surface area (Å²) < 4.78 is 11.5. The quantitative estimate of drug-likeness (QED) is 0.640. The molecule has 0 aliphatic heterocycles. The van der Waals surface area contributed by atoms with Gasteiger partial charge in [-0.2, -0.15) is 0 Å². The summed E-state index contributed by atoms with van der Waals surface area (Å²) in [5.41, 5.74) is 1.23. The number of H-pyrrole nitrogens is 1. The molecule has 0 atom stereocenters. The van der Waals surface area contributed by atoms with Crippen LogP contribution in [0.2, 0.25) is 0 Å². The van der Waals surface area contributed by atoms with Crippen LogP contribution in [-0.4, -0.2) is 39.2 Å². The van der Waals surface area contributed by atoms with Crippen LogP contribution in [0.3, 0.4) is 0 Å². The SMILES string of the molecule is CCCCCOc1ccc(C2CCC(Oc3nn[nH]c3C(=O)O)CC2)cc1. The van der Waals surface area contributed by atoms with E-state index >= 15 is 0 Å². The Bertz CT molecular complexity index is 721. The largest absolute Gasteiger partial charge is 0.494 e. The Labute approximate surface area is 159 Å². The van der Waals surface area contributed by atoms with E-state index < -0.39 is 5.97 Å². The maximum atomic E-state index is 11.1. The highest BCUT2D eigenvalue weighted by Crippen LogP contribution is 2.35. The van der Waals surface area contributed by atoms with Crippen molar-refractivity contribution in [3.63, 3.8) is 0 Å². The number of ether oxygens (including phenoxy) is 2. The van der Waals surface area contributed by atoms with Crippen molar-refractivity contribution < 1.29 is 19.4 Å². The Morgan fingerprint density at radius 3 is 2.59 bits per heavy atom. The van der Waals surface area contributed by atoms with Gasteiger partial charge in [0.15, 0.2) is 0 Å². The van der Waals surface area contributed by atoms with Crippen molar-refractivity contribution in [3.05, 3.63) is 35.5 Å². The van der Waals surface area contributed by atoms with Gasteiger partial charge in [0, 0.05) is 0 Å². The summed E-state index contributed by atoms with van der Waals surface area (Å²) in [6, 6.07) is 8.42. The molecule has 0 radical (unpaired) electrons. The minimum atomic E-state index is -1.11. The Morgan fingerprint density at radius 2 is 1.93 bits per heavy atom. The molecule has 0 bridgehead atoms. The summed E-state index contributed by atoms with van der Waals surface area (Å²) in [6.45, 7) is 2.96. The van der Waals surface area contributed by atoms with Gasteiger partial charge in [0.2, 0.25) is 5.69 Å². The van der Waals surface area contributed by atoms with Gasteiger partial charge in [0.25, 0.3) is 5.88 Å². The molecule has 2 N–H and O–H groups in total. The molecule has 0 amide bonds. The molecule has 1 aromatic heterocycles. The summed E-state index contributed by atoms with van der Waals surface area (Å²) in [6.07, 6.45) is 7.21. The number of carbonyl (C=O) groups is 1. The number of unbranched alkanes of at least 4 members (excludes halogenated alkanes) is 2. The molecule has 0 unspecified atom stereocenters. The molecule has 1 aliphatic rings. The topological polar surface area (TPSA) is 97.3 Å². The van der Waals surface area contributed by atoms with Gasteiger partial charge in [-0.25, -0.2) is 9.89 Å². The molecule has 3 rings (SSSR count). The van der Waals surface area contributed by atoms with Crippen molar-refractivity contribution in [3.8, 4) is 11.6 Å². The van der Waals surface area contributed by atoms with E-state index in [-0.39, 0.29) is 17.7 Å². The second-order valence-corrected chi connectivity index (χ2v) is 7.01. The van der Waals surface area contributed by atoms with Crippen molar-refractivity contribution in [2.24, 2.45) is 0 Å². The number of aromatic nitrogens is 3. The predicted molar refractivity (Wildman–Crippen MR) is 100 cm³/mol. The van der Waals surface area contributed by atoms with E-state index in [1.807, 2.05) is 0 Å². The van der Waals surface area contributed by atoms with Crippen molar-refractivity contribution in [1.82, 2.24) is 15.4 Å². The van der Waals surface area contributed by atoms with E-state index in [9.17, 15) is 4.79 Å². The molecular weight excluding hydrogens is 346 g/mol. The minimum absolute atomic E-state index is 0.0226. The zero-order valence-corrected chi connectivity index (χ0v) is 15.7. The zero-order chi connectivity index (χ0) is 19.1. The Morgan fingerprint density at radius 1 is 1.19 bits per heavy atom. The second kappa shape index (κ2) is 9.39. The van der Waals surface area contributed by atoms with Crippen molar-refractivity contribution in [2.75, 3.05) is 6.61 Å². The normalized spacial score (nSPS) is 19.6. The zero-order valence-electron chi connectivity index (χ0n) is 15.7. The second-order valence-electron chi connectivity index (χ2n) is 7.01. The van der Waals surface area contributed by atoms with Crippen LogP contribution >= 0.6 is 0 Å². The van der Waals surface area contributed by atoms with Crippen LogP contribution in [0, 0.1) is 0 Å². The fourth-order valence-corrected chi connectivity index (χ4v) is 3.49. The summed E-state index contributed by atoms with van der Waals surface area (Å²) in [5.74, 6) is 0.394.